The van der Waals surface area contributed by atoms with E-state index in [4.69, 9.17) is 15.9 Å². The second-order valence-corrected chi connectivity index (χ2v) is 4.70. The summed E-state index contributed by atoms with van der Waals surface area (Å²) in [6.07, 6.45) is 5.22. The summed E-state index contributed by atoms with van der Waals surface area (Å²) in [7, 11) is 3.34. The van der Waals surface area contributed by atoms with E-state index in [0.717, 1.165) is 11.5 Å². The van der Waals surface area contributed by atoms with Crippen LogP contribution in [0.5, 0.6) is 11.5 Å². The zero-order valence-corrected chi connectivity index (χ0v) is 13.1. The summed E-state index contributed by atoms with van der Waals surface area (Å²) in [6.45, 7) is 4.96. The summed E-state index contributed by atoms with van der Waals surface area (Å²) >= 11 is 0. The number of methoxy groups -OCH3 is 1. The van der Waals surface area contributed by atoms with Crippen molar-refractivity contribution in [1.29, 1.82) is 0 Å². The molecule has 0 amide bonds. The number of terminal acetylenes is 1. The summed E-state index contributed by atoms with van der Waals surface area (Å²) in [4.78, 5) is 4.16. The average molecular weight is 289 g/mol. The minimum atomic E-state index is 0.212. The minimum Gasteiger partial charge on any atom is -0.493 e. The third-order valence-electron chi connectivity index (χ3n) is 2.65. The lowest BCUT2D eigenvalue weighted by molar-refractivity contribution is 0.330. The minimum absolute atomic E-state index is 0.212. The molecule has 0 aromatic heterocycles. The number of guanidine groups is 1. The molecule has 0 saturated carbocycles. The van der Waals surface area contributed by atoms with Gasteiger partial charge in [0.2, 0.25) is 0 Å². The van der Waals surface area contributed by atoms with Crippen molar-refractivity contribution < 1.29 is 9.47 Å². The molecule has 0 radical (unpaired) electrons. The highest BCUT2D eigenvalue weighted by Gasteiger charge is 2.06. The van der Waals surface area contributed by atoms with E-state index in [9.17, 15) is 0 Å². The van der Waals surface area contributed by atoms with Crippen LogP contribution < -0.4 is 20.1 Å². The topological polar surface area (TPSA) is 54.9 Å². The second-order valence-electron chi connectivity index (χ2n) is 4.70. The molecule has 5 heteroatoms. The van der Waals surface area contributed by atoms with Crippen LogP contribution in [0, 0.1) is 12.3 Å². The van der Waals surface area contributed by atoms with Gasteiger partial charge in [0.05, 0.1) is 7.11 Å². The fourth-order valence-electron chi connectivity index (χ4n) is 1.72. The van der Waals surface area contributed by atoms with E-state index in [2.05, 4.69) is 35.4 Å². The molecule has 0 bridgehead atoms. The van der Waals surface area contributed by atoms with E-state index in [1.807, 2.05) is 18.2 Å². The Labute approximate surface area is 126 Å². The lowest BCUT2D eigenvalue weighted by atomic mass is 10.2. The molecule has 0 spiro atoms. The van der Waals surface area contributed by atoms with Crippen LogP contribution in [-0.2, 0) is 6.54 Å². The van der Waals surface area contributed by atoms with Crippen molar-refractivity contribution in [3.63, 3.8) is 0 Å². The van der Waals surface area contributed by atoms with Gasteiger partial charge in [-0.2, -0.15) is 0 Å². The van der Waals surface area contributed by atoms with Crippen LogP contribution in [0.1, 0.15) is 19.4 Å². The lowest BCUT2D eigenvalue weighted by Crippen LogP contribution is -2.40. The van der Waals surface area contributed by atoms with Crippen LogP contribution >= 0.6 is 0 Å². The van der Waals surface area contributed by atoms with E-state index in [1.165, 1.54) is 0 Å². The van der Waals surface area contributed by atoms with Gasteiger partial charge in [-0.05, 0) is 31.5 Å². The maximum Gasteiger partial charge on any atom is 0.191 e. The van der Waals surface area contributed by atoms with Crippen molar-refractivity contribution in [1.82, 2.24) is 10.6 Å². The van der Waals surface area contributed by atoms with Crippen molar-refractivity contribution in [3.8, 4) is 23.8 Å². The number of nitrogens with one attached hydrogen (secondary N) is 2. The molecule has 0 aliphatic rings. The van der Waals surface area contributed by atoms with Crippen LogP contribution in [0.25, 0.3) is 0 Å². The number of hydrogen-bond acceptors (Lipinski definition) is 3. The quantitative estimate of drug-likeness (QED) is 0.476. The van der Waals surface area contributed by atoms with Gasteiger partial charge in [-0.15, -0.1) is 6.42 Å². The molecule has 1 aromatic rings. The van der Waals surface area contributed by atoms with Gasteiger partial charge in [0.1, 0.15) is 6.61 Å². The van der Waals surface area contributed by atoms with Gasteiger partial charge in [-0.1, -0.05) is 12.0 Å². The Hall–Kier alpha value is -2.35. The van der Waals surface area contributed by atoms with Crippen molar-refractivity contribution in [2.45, 2.75) is 26.4 Å². The van der Waals surface area contributed by atoms with Crippen molar-refractivity contribution >= 4 is 5.96 Å². The van der Waals surface area contributed by atoms with E-state index in [0.29, 0.717) is 24.1 Å². The second kappa shape index (κ2) is 8.75. The highest BCUT2D eigenvalue weighted by molar-refractivity contribution is 5.79. The van der Waals surface area contributed by atoms with Gasteiger partial charge in [0.15, 0.2) is 17.5 Å². The molecule has 0 heterocycles. The predicted octanol–water partition coefficient (Wildman–Crippen LogP) is 1.78. The molecular formula is C16H23N3O2. The van der Waals surface area contributed by atoms with Gasteiger partial charge in [-0.3, -0.25) is 4.99 Å². The lowest BCUT2D eigenvalue weighted by Gasteiger charge is -2.15. The number of rotatable bonds is 6. The first-order valence-electron chi connectivity index (χ1n) is 6.81. The Kier molecular flexibility index (Phi) is 6.96. The zero-order valence-electron chi connectivity index (χ0n) is 13.1. The molecule has 0 fully saturated rings. The molecule has 0 saturated heterocycles. The van der Waals surface area contributed by atoms with Crippen LogP contribution in [0.2, 0.25) is 0 Å². The fraction of sp³-hybridized carbons (Fsp3) is 0.438. The van der Waals surface area contributed by atoms with Crippen LogP contribution in [0.4, 0.5) is 0 Å². The third-order valence-corrected chi connectivity index (χ3v) is 2.65. The first kappa shape index (κ1) is 16.7. The van der Waals surface area contributed by atoms with Crippen LogP contribution in [0.15, 0.2) is 23.2 Å². The number of ether oxygens (including phenoxy) is 2. The Balaban J connectivity index is 2.73. The van der Waals surface area contributed by atoms with E-state index in [-0.39, 0.29) is 6.61 Å². The van der Waals surface area contributed by atoms with Crippen LogP contribution in [-0.4, -0.2) is 32.8 Å². The number of benzene rings is 1. The summed E-state index contributed by atoms with van der Waals surface area (Å²) in [5.41, 5.74) is 1.05. The average Bonchev–Trinajstić information content (AvgIpc) is 2.48. The molecule has 114 valence electrons. The summed E-state index contributed by atoms with van der Waals surface area (Å²) in [5, 5.41) is 6.47. The molecule has 0 atom stereocenters. The maximum absolute atomic E-state index is 5.48. The molecule has 0 aliphatic heterocycles. The Morgan fingerprint density at radius 3 is 2.71 bits per heavy atom. The van der Waals surface area contributed by atoms with Crippen molar-refractivity contribution in [3.05, 3.63) is 23.8 Å². The first-order valence-corrected chi connectivity index (χ1v) is 6.81. The summed E-state index contributed by atoms with van der Waals surface area (Å²) < 4.78 is 10.7. The molecule has 1 aromatic carbocycles. The van der Waals surface area contributed by atoms with Gasteiger partial charge in [0, 0.05) is 19.6 Å². The van der Waals surface area contributed by atoms with E-state index < -0.39 is 0 Å². The molecule has 0 aliphatic carbocycles. The first-order chi connectivity index (χ1) is 10.1. The van der Waals surface area contributed by atoms with Gasteiger partial charge >= 0.3 is 0 Å². The van der Waals surface area contributed by atoms with Gasteiger partial charge < -0.3 is 20.1 Å². The van der Waals surface area contributed by atoms with Crippen LogP contribution in [0.3, 0.4) is 0 Å². The maximum atomic E-state index is 5.48. The van der Waals surface area contributed by atoms with E-state index >= 15 is 0 Å². The van der Waals surface area contributed by atoms with Gasteiger partial charge in [-0.25, -0.2) is 0 Å². The van der Waals surface area contributed by atoms with Crippen molar-refractivity contribution in [2.24, 2.45) is 4.99 Å². The molecule has 0 unspecified atom stereocenters. The molecule has 1 rings (SSSR count). The van der Waals surface area contributed by atoms with E-state index in [1.54, 1.807) is 14.2 Å². The normalized spacial score (nSPS) is 11.0. The van der Waals surface area contributed by atoms with Gasteiger partial charge in [0.25, 0.3) is 0 Å². The largest absolute Gasteiger partial charge is 0.493 e. The molecule has 5 nitrogen and oxygen atoms in total. The number of aliphatic imine (C=N–C) groups is 1. The third kappa shape index (κ3) is 5.65. The molecular weight excluding hydrogens is 266 g/mol. The Bertz CT molecular complexity index is 519. The highest BCUT2D eigenvalue weighted by atomic mass is 16.5. The summed E-state index contributed by atoms with van der Waals surface area (Å²) in [6, 6.07) is 6.06. The SMILES string of the molecule is C#CCOc1cc(CNC(=NC)NC(C)C)ccc1OC. The Morgan fingerprint density at radius 1 is 1.38 bits per heavy atom. The monoisotopic (exact) mass is 289 g/mol. The molecule has 21 heavy (non-hydrogen) atoms. The smallest absolute Gasteiger partial charge is 0.191 e. The number of nitrogens with zero attached hydrogens (tertiary/aromatic N) is 1. The number of hydrogen-bond donors (Lipinski definition) is 2. The Morgan fingerprint density at radius 2 is 2.14 bits per heavy atom. The molecule has 2 N–H and O–H groups in total. The highest BCUT2D eigenvalue weighted by Crippen LogP contribution is 2.27. The standard InChI is InChI=1S/C16H23N3O2/c1-6-9-21-15-10-13(7-8-14(15)20-5)11-18-16(17-4)19-12(2)3/h1,7-8,10,12H,9,11H2,2-5H3,(H2,17,18,19). The predicted molar refractivity (Wildman–Crippen MR) is 85.8 cm³/mol. The zero-order chi connectivity index (χ0) is 15.7. The summed E-state index contributed by atoms with van der Waals surface area (Å²) in [5.74, 6) is 4.51. The van der Waals surface area contributed by atoms with Crippen molar-refractivity contribution in [2.75, 3.05) is 20.8 Å². The fourth-order valence-corrected chi connectivity index (χ4v) is 1.72.